The van der Waals surface area contributed by atoms with Gasteiger partial charge in [0.05, 0.1) is 40.7 Å². The van der Waals surface area contributed by atoms with Gasteiger partial charge in [0.25, 0.3) is 11.4 Å². The Balaban J connectivity index is 1.37. The number of nitro benzene ring substituents is 2. The van der Waals surface area contributed by atoms with E-state index < -0.39 is 45.2 Å². The largest absolute Gasteiger partial charge is 0.459 e. The predicted molar refractivity (Wildman–Crippen MR) is 268 cm³/mol. The normalized spacial score (nSPS) is 21.8. The minimum absolute atomic E-state index is 0.00733. The Morgan fingerprint density at radius 1 is 0.859 bits per heavy atom. The Bertz CT molecular complexity index is 2800. The van der Waals surface area contributed by atoms with Gasteiger partial charge in [0, 0.05) is 49.3 Å². The third kappa shape index (κ3) is 11.1. The molecule has 2 aliphatic carbocycles. The molecule has 0 saturated heterocycles. The van der Waals surface area contributed by atoms with Gasteiger partial charge in [0.15, 0.2) is 0 Å². The molecule has 3 aliphatic rings. The topological polar surface area (TPSA) is 206 Å². The summed E-state index contributed by atoms with van der Waals surface area (Å²) in [6.07, 6.45) is 7.17. The number of oxime groups is 1. The Labute approximate surface area is 412 Å². The molecule has 8 rings (SSSR count). The van der Waals surface area contributed by atoms with E-state index in [0.717, 1.165) is 40.3 Å². The molecule has 0 radical (unpaired) electrons. The van der Waals surface area contributed by atoms with E-state index in [2.05, 4.69) is 12.7 Å². The summed E-state index contributed by atoms with van der Waals surface area (Å²) in [6.45, 7) is 9.81. The Hall–Kier alpha value is -7.14. The van der Waals surface area contributed by atoms with Crippen molar-refractivity contribution in [1.29, 1.82) is 0 Å². The minimum Gasteiger partial charge on any atom is -0.459 e. The van der Waals surface area contributed by atoms with E-state index in [1.165, 1.54) is 36.4 Å². The van der Waals surface area contributed by atoms with Crippen LogP contribution in [-0.4, -0.2) is 74.0 Å². The smallest absolute Gasteiger partial charge is 0.416 e. The second-order valence-electron chi connectivity index (χ2n) is 19.2. The van der Waals surface area contributed by atoms with E-state index in [1.54, 1.807) is 35.2 Å². The van der Waals surface area contributed by atoms with E-state index in [9.17, 15) is 30.4 Å². The van der Waals surface area contributed by atoms with Gasteiger partial charge in [0.1, 0.15) is 34.6 Å². The van der Waals surface area contributed by atoms with Crippen molar-refractivity contribution in [2.75, 3.05) is 19.8 Å². The SMILES string of the molecule is C=CCOC12Oc3ccc(Oc4cccc([N+](=O)[O-])c4)cc3C3C(CCCCO)C(CCCCO)C=C(C(=NOC(C)(C)C)CC1N(Cc1cccc4ccccc14)C(=O)Oc1ccc([N+](=O)[O-])cc1)C32. The van der Waals surface area contributed by atoms with Crippen molar-refractivity contribution in [1.82, 2.24) is 4.90 Å². The molecule has 1 fully saturated rings. The van der Waals surface area contributed by atoms with Crippen molar-refractivity contribution in [3.63, 3.8) is 0 Å². The average Bonchev–Trinajstić information content (AvgIpc) is 3.35. The zero-order valence-electron chi connectivity index (χ0n) is 40.2. The summed E-state index contributed by atoms with van der Waals surface area (Å²) in [7, 11) is 0. The van der Waals surface area contributed by atoms with E-state index >= 15 is 4.79 Å². The monoisotopic (exact) mass is 968 g/mol. The molecule has 5 aromatic rings. The molecule has 1 saturated carbocycles. The standard InChI is InChI=1S/C55H60N4O12/c1-5-30-67-55-50(57(35-38-17-12-16-36-14-6-7-20-44(36)38)53(62)69-41-24-22-39(23-25-41)58(63)64)34-48(56-71-54(2,3)4)46-31-37(15-8-10-28-60)45(21-9-11-29-61)51(52(46)55)47-33-43(26-27-49(47)70-55)68-42-19-13-18-40(32-42)59(65)66/h5-7,12-14,16-20,22-27,31-33,37,45,50-52,60-61H,1,8-11,15,21,28-30,34-35H2,2-4H3. The fourth-order valence-corrected chi connectivity index (χ4v) is 10.4. The summed E-state index contributed by atoms with van der Waals surface area (Å²) in [5.41, 5.74) is 1.97. The average molecular weight is 969 g/mol. The van der Waals surface area contributed by atoms with Crippen molar-refractivity contribution in [2.24, 2.45) is 22.9 Å². The number of rotatable bonds is 20. The number of amides is 1. The summed E-state index contributed by atoms with van der Waals surface area (Å²) < 4.78 is 27.2. The van der Waals surface area contributed by atoms with Crippen molar-refractivity contribution in [3.8, 4) is 23.0 Å². The van der Waals surface area contributed by atoms with Gasteiger partial charge in [-0.25, -0.2) is 4.79 Å². The number of hydrogen-bond acceptors (Lipinski definition) is 13. The minimum atomic E-state index is -1.66. The summed E-state index contributed by atoms with van der Waals surface area (Å²) in [6, 6.07) is 29.5. The van der Waals surface area contributed by atoms with Gasteiger partial charge in [-0.3, -0.25) is 25.1 Å². The zero-order valence-corrected chi connectivity index (χ0v) is 40.2. The fourth-order valence-electron chi connectivity index (χ4n) is 10.4. The van der Waals surface area contributed by atoms with Crippen molar-refractivity contribution >= 4 is 34.0 Å². The van der Waals surface area contributed by atoms with Crippen molar-refractivity contribution < 1.29 is 48.6 Å². The number of aliphatic hydroxyl groups is 2. The Morgan fingerprint density at radius 3 is 2.27 bits per heavy atom. The molecule has 16 nitrogen and oxygen atoms in total. The van der Waals surface area contributed by atoms with Crippen LogP contribution in [0, 0.1) is 38.0 Å². The van der Waals surface area contributed by atoms with Crippen LogP contribution >= 0.6 is 0 Å². The number of hydrogen-bond donors (Lipinski definition) is 2. The zero-order chi connectivity index (χ0) is 50.3. The molecule has 16 heteroatoms. The molecular formula is C55H60N4O12. The van der Waals surface area contributed by atoms with Crippen molar-refractivity contribution in [2.45, 2.75) is 95.6 Å². The number of aliphatic hydroxyl groups excluding tert-OH is 2. The first-order valence-corrected chi connectivity index (χ1v) is 24.1. The molecule has 5 aromatic carbocycles. The number of carbonyl (C=O) groups is 1. The summed E-state index contributed by atoms with van der Waals surface area (Å²) >= 11 is 0. The van der Waals surface area contributed by atoms with Crippen molar-refractivity contribution in [3.05, 3.63) is 165 Å². The van der Waals surface area contributed by atoms with Crippen LogP contribution in [-0.2, 0) is 16.1 Å². The van der Waals surface area contributed by atoms with Gasteiger partial charge in [-0.2, -0.15) is 0 Å². The number of fused-ring (bicyclic) bond motifs is 3. The first-order valence-electron chi connectivity index (χ1n) is 24.1. The molecule has 0 spiro atoms. The van der Waals surface area contributed by atoms with Gasteiger partial charge < -0.3 is 34.0 Å². The van der Waals surface area contributed by atoms with Crippen LogP contribution in [0.1, 0.15) is 82.8 Å². The number of benzene rings is 5. The number of allylic oxidation sites excluding steroid dienone is 1. The molecule has 0 aromatic heterocycles. The molecule has 1 heterocycles. The molecule has 6 unspecified atom stereocenters. The third-order valence-electron chi connectivity index (χ3n) is 13.4. The lowest BCUT2D eigenvalue weighted by molar-refractivity contribution is -0.385. The Kier molecular flexibility index (Phi) is 15.5. The maximum absolute atomic E-state index is 15.3. The van der Waals surface area contributed by atoms with Gasteiger partial charge in [-0.15, -0.1) is 6.58 Å². The lowest BCUT2D eigenvalue weighted by atomic mass is 9.55. The molecule has 1 aliphatic heterocycles. The van der Waals surface area contributed by atoms with Gasteiger partial charge in [-0.05, 0) is 117 Å². The number of nitro groups is 2. The van der Waals surface area contributed by atoms with Crippen LogP contribution in [0.5, 0.6) is 23.0 Å². The van der Waals surface area contributed by atoms with Gasteiger partial charge in [0.2, 0.25) is 5.79 Å². The molecule has 372 valence electrons. The maximum Gasteiger partial charge on any atom is 0.416 e. The second-order valence-corrected chi connectivity index (χ2v) is 19.2. The first kappa shape index (κ1) is 50.3. The molecule has 2 N–H and O–H groups in total. The quantitative estimate of drug-likeness (QED) is 0.0323. The molecule has 1 amide bonds. The Morgan fingerprint density at radius 2 is 1.55 bits per heavy atom. The fraction of sp³-hybridized carbons (Fsp3) is 0.382. The van der Waals surface area contributed by atoms with E-state index in [-0.39, 0.29) is 67.5 Å². The second kappa shape index (κ2) is 21.9. The van der Waals surface area contributed by atoms with Crippen LogP contribution in [0.15, 0.2) is 139 Å². The number of unbranched alkanes of at least 4 members (excludes halogenated alkanes) is 2. The maximum atomic E-state index is 15.3. The number of ether oxygens (including phenoxy) is 4. The highest BCUT2D eigenvalue weighted by atomic mass is 16.7. The number of carbonyl (C=O) groups excluding carboxylic acids is 1. The van der Waals surface area contributed by atoms with Crippen LogP contribution in [0.25, 0.3) is 10.8 Å². The molecule has 0 bridgehead atoms. The summed E-state index contributed by atoms with van der Waals surface area (Å²) in [4.78, 5) is 45.6. The van der Waals surface area contributed by atoms with Gasteiger partial charge in [-0.1, -0.05) is 78.7 Å². The molecule has 71 heavy (non-hydrogen) atoms. The summed E-state index contributed by atoms with van der Waals surface area (Å²) in [5.74, 6) is -1.69. The molecular weight excluding hydrogens is 909 g/mol. The summed E-state index contributed by atoms with van der Waals surface area (Å²) in [5, 5.41) is 50.3. The van der Waals surface area contributed by atoms with Crippen LogP contribution < -0.4 is 14.2 Å². The van der Waals surface area contributed by atoms with E-state index in [4.69, 9.17) is 28.9 Å². The first-order chi connectivity index (χ1) is 34.2. The number of non-ortho nitro benzene ring substituents is 2. The van der Waals surface area contributed by atoms with E-state index in [0.29, 0.717) is 42.9 Å². The predicted octanol–water partition coefficient (Wildman–Crippen LogP) is 11.6. The van der Waals surface area contributed by atoms with Gasteiger partial charge >= 0.3 is 6.09 Å². The third-order valence-corrected chi connectivity index (χ3v) is 13.4. The molecule has 6 atom stereocenters. The van der Waals surface area contributed by atoms with Crippen LogP contribution in [0.3, 0.4) is 0 Å². The van der Waals surface area contributed by atoms with Crippen LogP contribution in [0.2, 0.25) is 0 Å². The number of nitrogens with zero attached hydrogens (tertiary/aromatic N) is 4. The lowest BCUT2D eigenvalue weighted by Gasteiger charge is -2.60. The van der Waals surface area contributed by atoms with Crippen LogP contribution in [0.4, 0.5) is 16.2 Å². The highest BCUT2D eigenvalue weighted by Gasteiger charge is 2.66. The highest BCUT2D eigenvalue weighted by molar-refractivity contribution is 6.03. The highest BCUT2D eigenvalue weighted by Crippen LogP contribution is 2.62. The lowest BCUT2D eigenvalue weighted by Crippen LogP contribution is -2.70. The van der Waals surface area contributed by atoms with E-state index in [1.807, 2.05) is 69.3 Å².